The molecular formula is C12H8FN3O3. The lowest BCUT2D eigenvalue weighted by atomic mass is 10.1. The second-order valence-electron chi connectivity index (χ2n) is 3.57. The molecule has 0 saturated carbocycles. The summed E-state index contributed by atoms with van der Waals surface area (Å²) < 4.78 is 12.9. The van der Waals surface area contributed by atoms with Crippen molar-refractivity contribution in [1.29, 1.82) is 0 Å². The van der Waals surface area contributed by atoms with Crippen LogP contribution in [0.25, 0.3) is 0 Å². The molecule has 0 saturated heterocycles. The number of hydrogen-bond acceptors (Lipinski definition) is 4. The van der Waals surface area contributed by atoms with Crippen LogP contribution in [0.15, 0.2) is 36.9 Å². The first-order valence-electron chi connectivity index (χ1n) is 5.17. The Kier molecular flexibility index (Phi) is 3.46. The minimum Gasteiger partial charge on any atom is -0.478 e. The van der Waals surface area contributed by atoms with Crippen LogP contribution in [0.4, 0.5) is 10.1 Å². The van der Waals surface area contributed by atoms with Gasteiger partial charge in [-0.3, -0.25) is 14.8 Å². The van der Waals surface area contributed by atoms with Crippen molar-refractivity contribution in [2.75, 3.05) is 5.32 Å². The van der Waals surface area contributed by atoms with E-state index in [0.717, 1.165) is 18.5 Å². The number of carboxylic acids is 1. The third kappa shape index (κ3) is 2.89. The van der Waals surface area contributed by atoms with Gasteiger partial charge in [-0.1, -0.05) is 0 Å². The Balaban J connectivity index is 2.28. The molecule has 1 amide bonds. The maximum atomic E-state index is 12.9. The number of halogens is 1. The van der Waals surface area contributed by atoms with Crippen molar-refractivity contribution in [3.8, 4) is 0 Å². The third-order valence-electron chi connectivity index (χ3n) is 2.26. The smallest absolute Gasteiger partial charge is 0.338 e. The van der Waals surface area contributed by atoms with Crippen molar-refractivity contribution in [1.82, 2.24) is 9.97 Å². The molecule has 0 aromatic carbocycles. The van der Waals surface area contributed by atoms with Crippen LogP contribution in [0, 0.1) is 5.82 Å². The zero-order chi connectivity index (χ0) is 13.8. The number of nitrogens with zero attached hydrogens (tertiary/aromatic N) is 2. The Morgan fingerprint density at radius 3 is 2.63 bits per heavy atom. The van der Waals surface area contributed by atoms with Gasteiger partial charge in [0.15, 0.2) is 0 Å². The highest BCUT2D eigenvalue weighted by Gasteiger charge is 2.16. The Hall–Kier alpha value is -2.83. The number of carbonyl (C=O) groups is 2. The van der Waals surface area contributed by atoms with E-state index in [4.69, 9.17) is 5.11 Å². The standard InChI is InChI=1S/C12H8FN3O3/c13-7-3-8(5-15-4-7)16-11(17)9-1-2-14-6-10(9)12(18)19/h1-6H,(H,16,17)(H,18,19). The minimum atomic E-state index is -1.27. The number of anilines is 1. The first-order chi connectivity index (χ1) is 9.08. The van der Waals surface area contributed by atoms with Crippen LogP contribution in [0.5, 0.6) is 0 Å². The Bertz CT molecular complexity index is 646. The van der Waals surface area contributed by atoms with Gasteiger partial charge in [-0.25, -0.2) is 9.18 Å². The molecule has 0 aliphatic heterocycles. The van der Waals surface area contributed by atoms with E-state index in [-0.39, 0.29) is 16.8 Å². The third-order valence-corrected chi connectivity index (χ3v) is 2.26. The number of aromatic nitrogens is 2. The summed E-state index contributed by atoms with van der Waals surface area (Å²) in [6.45, 7) is 0. The van der Waals surface area contributed by atoms with Crippen LogP contribution in [0.2, 0.25) is 0 Å². The molecule has 19 heavy (non-hydrogen) atoms. The molecule has 0 radical (unpaired) electrons. The lowest BCUT2D eigenvalue weighted by molar-refractivity contribution is 0.0692. The molecule has 96 valence electrons. The summed E-state index contributed by atoms with van der Waals surface area (Å²) in [5, 5.41) is 11.3. The van der Waals surface area contributed by atoms with E-state index in [9.17, 15) is 14.0 Å². The van der Waals surface area contributed by atoms with Crippen LogP contribution in [0.1, 0.15) is 20.7 Å². The molecule has 6 nitrogen and oxygen atoms in total. The number of amides is 1. The van der Waals surface area contributed by atoms with E-state index >= 15 is 0 Å². The fourth-order valence-electron chi connectivity index (χ4n) is 1.44. The van der Waals surface area contributed by atoms with E-state index in [0.29, 0.717) is 0 Å². The Morgan fingerprint density at radius 1 is 1.16 bits per heavy atom. The molecule has 2 rings (SSSR count). The van der Waals surface area contributed by atoms with E-state index in [1.165, 1.54) is 18.5 Å². The van der Waals surface area contributed by atoms with Crippen molar-refractivity contribution >= 4 is 17.6 Å². The predicted molar refractivity (Wildman–Crippen MR) is 63.3 cm³/mol. The molecule has 0 fully saturated rings. The predicted octanol–water partition coefficient (Wildman–Crippen LogP) is 1.57. The van der Waals surface area contributed by atoms with Gasteiger partial charge in [-0.05, 0) is 6.07 Å². The normalized spacial score (nSPS) is 9.95. The highest BCUT2D eigenvalue weighted by atomic mass is 19.1. The summed E-state index contributed by atoms with van der Waals surface area (Å²) in [6, 6.07) is 2.35. The van der Waals surface area contributed by atoms with Crippen LogP contribution < -0.4 is 5.32 Å². The van der Waals surface area contributed by atoms with E-state index in [1.807, 2.05) is 0 Å². The monoisotopic (exact) mass is 261 g/mol. The highest BCUT2D eigenvalue weighted by Crippen LogP contribution is 2.12. The van der Waals surface area contributed by atoms with Crippen LogP contribution in [-0.2, 0) is 0 Å². The van der Waals surface area contributed by atoms with Crippen molar-refractivity contribution in [3.05, 3.63) is 53.9 Å². The number of aromatic carboxylic acids is 1. The molecule has 2 heterocycles. The molecule has 0 aliphatic rings. The van der Waals surface area contributed by atoms with Gasteiger partial charge in [0.1, 0.15) is 5.82 Å². The molecule has 2 aromatic rings. The summed E-state index contributed by atoms with van der Waals surface area (Å²) in [5.41, 5.74) is -0.158. The lowest BCUT2D eigenvalue weighted by Gasteiger charge is -2.06. The number of pyridine rings is 2. The fraction of sp³-hybridized carbons (Fsp3) is 0. The topological polar surface area (TPSA) is 92.2 Å². The lowest BCUT2D eigenvalue weighted by Crippen LogP contribution is -2.16. The number of hydrogen-bond donors (Lipinski definition) is 2. The second kappa shape index (κ2) is 5.21. The summed E-state index contributed by atoms with van der Waals surface area (Å²) in [4.78, 5) is 30.0. The molecule has 2 N–H and O–H groups in total. The highest BCUT2D eigenvalue weighted by molar-refractivity contribution is 6.10. The SMILES string of the molecule is O=C(O)c1cnccc1C(=O)Nc1cncc(F)c1. The quantitative estimate of drug-likeness (QED) is 0.874. The zero-order valence-electron chi connectivity index (χ0n) is 9.50. The average molecular weight is 261 g/mol. The fourth-order valence-corrected chi connectivity index (χ4v) is 1.44. The first kappa shape index (κ1) is 12.6. The number of carbonyl (C=O) groups excluding carboxylic acids is 1. The van der Waals surface area contributed by atoms with Gasteiger partial charge in [0, 0.05) is 18.5 Å². The Labute approximate surface area is 106 Å². The van der Waals surface area contributed by atoms with Gasteiger partial charge in [0.2, 0.25) is 0 Å². The molecule has 2 aromatic heterocycles. The van der Waals surface area contributed by atoms with Crippen molar-refractivity contribution < 1.29 is 19.1 Å². The average Bonchev–Trinajstić information content (AvgIpc) is 2.38. The summed E-state index contributed by atoms with van der Waals surface area (Å²) in [7, 11) is 0. The van der Waals surface area contributed by atoms with Crippen molar-refractivity contribution in [2.24, 2.45) is 0 Å². The molecule has 0 bridgehead atoms. The summed E-state index contributed by atoms with van der Waals surface area (Å²) in [6.07, 6.45) is 4.61. The largest absolute Gasteiger partial charge is 0.478 e. The van der Waals surface area contributed by atoms with Gasteiger partial charge in [0.05, 0.1) is 29.2 Å². The Morgan fingerprint density at radius 2 is 1.95 bits per heavy atom. The maximum absolute atomic E-state index is 12.9. The van der Waals surface area contributed by atoms with Gasteiger partial charge >= 0.3 is 5.97 Å². The molecule has 0 spiro atoms. The van der Waals surface area contributed by atoms with Gasteiger partial charge in [0.25, 0.3) is 5.91 Å². The van der Waals surface area contributed by atoms with Gasteiger partial charge in [-0.2, -0.15) is 0 Å². The first-order valence-corrected chi connectivity index (χ1v) is 5.17. The van der Waals surface area contributed by atoms with Crippen molar-refractivity contribution in [2.45, 2.75) is 0 Å². The van der Waals surface area contributed by atoms with E-state index < -0.39 is 17.7 Å². The number of nitrogens with one attached hydrogen (secondary N) is 1. The summed E-state index contributed by atoms with van der Waals surface area (Å²) in [5.74, 6) is -2.55. The van der Waals surface area contributed by atoms with Crippen LogP contribution in [-0.4, -0.2) is 27.0 Å². The minimum absolute atomic E-state index is 0.0632. The second-order valence-corrected chi connectivity index (χ2v) is 3.57. The number of carboxylic acid groups (broad SMARTS) is 1. The zero-order valence-corrected chi connectivity index (χ0v) is 9.50. The van der Waals surface area contributed by atoms with E-state index in [2.05, 4.69) is 15.3 Å². The summed E-state index contributed by atoms with van der Waals surface area (Å²) >= 11 is 0. The maximum Gasteiger partial charge on any atom is 0.338 e. The molecule has 0 aliphatic carbocycles. The van der Waals surface area contributed by atoms with E-state index in [1.54, 1.807) is 0 Å². The van der Waals surface area contributed by atoms with Crippen LogP contribution in [0.3, 0.4) is 0 Å². The van der Waals surface area contributed by atoms with Crippen molar-refractivity contribution in [3.63, 3.8) is 0 Å². The molecule has 0 atom stereocenters. The molecular weight excluding hydrogens is 253 g/mol. The number of rotatable bonds is 3. The van der Waals surface area contributed by atoms with Gasteiger partial charge in [-0.15, -0.1) is 0 Å². The molecule has 7 heteroatoms. The molecule has 0 unspecified atom stereocenters. The van der Waals surface area contributed by atoms with Crippen LogP contribution >= 0.6 is 0 Å². The van der Waals surface area contributed by atoms with Gasteiger partial charge < -0.3 is 10.4 Å².